The monoisotopic (exact) mass is 345 g/mol. The van der Waals surface area contributed by atoms with Crippen LogP contribution in [-0.2, 0) is 16.1 Å². The summed E-state index contributed by atoms with van der Waals surface area (Å²) in [6.45, 7) is 6.75. The van der Waals surface area contributed by atoms with Gasteiger partial charge in [0.05, 0.1) is 13.0 Å². The molecular formula is C19H27N3O3. The zero-order valence-electron chi connectivity index (χ0n) is 15.2. The lowest BCUT2D eigenvalue weighted by Gasteiger charge is -2.39. The second kappa shape index (κ2) is 7.44. The number of nitrogens with one attached hydrogen (secondary N) is 1. The van der Waals surface area contributed by atoms with Crippen LogP contribution < -0.4 is 10.1 Å². The number of benzene rings is 1. The van der Waals surface area contributed by atoms with Crippen molar-refractivity contribution in [2.45, 2.75) is 38.9 Å². The van der Waals surface area contributed by atoms with Gasteiger partial charge in [-0.2, -0.15) is 0 Å². The Morgan fingerprint density at radius 1 is 1.28 bits per heavy atom. The molecule has 1 aromatic rings. The van der Waals surface area contributed by atoms with Crippen LogP contribution in [0.3, 0.4) is 0 Å². The van der Waals surface area contributed by atoms with Gasteiger partial charge in [-0.3, -0.25) is 9.59 Å². The molecule has 2 amide bonds. The van der Waals surface area contributed by atoms with Crippen LogP contribution >= 0.6 is 0 Å². The molecule has 0 aliphatic carbocycles. The summed E-state index contributed by atoms with van der Waals surface area (Å²) < 4.78 is 5.16. The van der Waals surface area contributed by atoms with Gasteiger partial charge in [0.2, 0.25) is 11.8 Å². The topological polar surface area (TPSA) is 61.9 Å². The molecule has 3 atom stereocenters. The van der Waals surface area contributed by atoms with Crippen LogP contribution in [0.25, 0.3) is 0 Å². The highest BCUT2D eigenvalue weighted by Gasteiger charge is 2.39. The first-order valence-corrected chi connectivity index (χ1v) is 8.94. The molecule has 3 rings (SSSR count). The molecule has 3 unspecified atom stereocenters. The number of hydrogen-bond acceptors (Lipinski definition) is 4. The minimum Gasteiger partial charge on any atom is -0.497 e. The van der Waals surface area contributed by atoms with Crippen LogP contribution in [0.2, 0.25) is 0 Å². The molecule has 6 heteroatoms. The number of hydrogen-bond donors (Lipinski definition) is 1. The summed E-state index contributed by atoms with van der Waals surface area (Å²) in [5.74, 6) is 0.751. The highest BCUT2D eigenvalue weighted by molar-refractivity contribution is 5.89. The number of carbonyl (C=O) groups is 2. The summed E-state index contributed by atoms with van der Waals surface area (Å²) in [5, 5.41) is 3.39. The SMILES string of the molecule is COc1ccc(CN2CC(C(=O)N3CCNC(C)C3C)CC2=O)cc1. The van der Waals surface area contributed by atoms with Crippen molar-refractivity contribution in [1.82, 2.24) is 15.1 Å². The quantitative estimate of drug-likeness (QED) is 0.892. The van der Waals surface area contributed by atoms with Crippen molar-refractivity contribution < 1.29 is 14.3 Å². The van der Waals surface area contributed by atoms with Gasteiger partial charge in [-0.1, -0.05) is 12.1 Å². The molecule has 0 aromatic heterocycles. The van der Waals surface area contributed by atoms with Crippen LogP contribution in [-0.4, -0.2) is 60.4 Å². The lowest BCUT2D eigenvalue weighted by molar-refractivity contribution is -0.139. The number of piperazine rings is 1. The molecular weight excluding hydrogens is 318 g/mol. The average molecular weight is 345 g/mol. The summed E-state index contributed by atoms with van der Waals surface area (Å²) >= 11 is 0. The number of likely N-dealkylation sites (tertiary alicyclic amines) is 1. The fourth-order valence-electron chi connectivity index (χ4n) is 3.64. The third-order valence-corrected chi connectivity index (χ3v) is 5.41. The van der Waals surface area contributed by atoms with E-state index in [0.29, 0.717) is 26.1 Å². The maximum absolute atomic E-state index is 12.9. The van der Waals surface area contributed by atoms with E-state index in [-0.39, 0.29) is 29.8 Å². The molecule has 136 valence electrons. The number of methoxy groups -OCH3 is 1. The van der Waals surface area contributed by atoms with Crippen LogP contribution in [0, 0.1) is 5.92 Å². The number of carbonyl (C=O) groups excluding carboxylic acids is 2. The van der Waals surface area contributed by atoms with Gasteiger partial charge in [-0.05, 0) is 31.5 Å². The van der Waals surface area contributed by atoms with Crippen LogP contribution in [0.5, 0.6) is 5.75 Å². The molecule has 1 N–H and O–H groups in total. The van der Waals surface area contributed by atoms with Crippen LogP contribution in [0.4, 0.5) is 0 Å². The zero-order chi connectivity index (χ0) is 18.0. The normalized spacial score (nSPS) is 26.8. The van der Waals surface area contributed by atoms with Gasteiger partial charge >= 0.3 is 0 Å². The van der Waals surface area contributed by atoms with Crippen molar-refractivity contribution in [2.24, 2.45) is 5.92 Å². The molecule has 25 heavy (non-hydrogen) atoms. The maximum Gasteiger partial charge on any atom is 0.228 e. The van der Waals surface area contributed by atoms with Gasteiger partial charge < -0.3 is 19.9 Å². The minimum absolute atomic E-state index is 0.0602. The second-order valence-corrected chi connectivity index (χ2v) is 7.04. The summed E-state index contributed by atoms with van der Waals surface area (Å²) in [4.78, 5) is 29.0. The number of ether oxygens (including phenoxy) is 1. The molecule has 2 heterocycles. The first kappa shape index (κ1) is 17.7. The molecule has 0 radical (unpaired) electrons. The van der Waals surface area contributed by atoms with Crippen molar-refractivity contribution in [3.63, 3.8) is 0 Å². The summed E-state index contributed by atoms with van der Waals surface area (Å²) in [6.07, 6.45) is 0.319. The van der Waals surface area contributed by atoms with Crippen molar-refractivity contribution in [2.75, 3.05) is 26.7 Å². The van der Waals surface area contributed by atoms with E-state index >= 15 is 0 Å². The molecule has 2 aliphatic heterocycles. The molecule has 6 nitrogen and oxygen atoms in total. The second-order valence-electron chi connectivity index (χ2n) is 7.04. The van der Waals surface area contributed by atoms with Crippen molar-refractivity contribution in [3.05, 3.63) is 29.8 Å². The molecule has 0 spiro atoms. The first-order chi connectivity index (χ1) is 12.0. The third-order valence-electron chi connectivity index (χ3n) is 5.41. The van der Waals surface area contributed by atoms with Gasteiger partial charge in [-0.15, -0.1) is 0 Å². The smallest absolute Gasteiger partial charge is 0.228 e. The summed E-state index contributed by atoms with van der Waals surface area (Å²) in [5.41, 5.74) is 1.05. The molecule has 2 aliphatic rings. The fraction of sp³-hybridized carbons (Fsp3) is 0.579. The zero-order valence-corrected chi connectivity index (χ0v) is 15.2. The number of nitrogens with zero attached hydrogens (tertiary/aromatic N) is 2. The van der Waals surface area contributed by atoms with Gasteiger partial charge in [0.25, 0.3) is 0 Å². The van der Waals surface area contributed by atoms with E-state index in [1.54, 1.807) is 12.0 Å². The Bertz CT molecular complexity index is 631. The van der Waals surface area contributed by atoms with E-state index in [1.807, 2.05) is 29.2 Å². The first-order valence-electron chi connectivity index (χ1n) is 8.94. The number of amides is 2. The van der Waals surface area contributed by atoms with E-state index in [4.69, 9.17) is 4.74 Å². The van der Waals surface area contributed by atoms with E-state index < -0.39 is 0 Å². The summed E-state index contributed by atoms with van der Waals surface area (Å²) in [7, 11) is 1.63. The highest BCUT2D eigenvalue weighted by Crippen LogP contribution is 2.24. The highest BCUT2D eigenvalue weighted by atomic mass is 16.5. The Balaban J connectivity index is 1.62. The Kier molecular flexibility index (Phi) is 5.27. The van der Waals surface area contributed by atoms with Crippen molar-refractivity contribution >= 4 is 11.8 Å². The van der Waals surface area contributed by atoms with E-state index in [9.17, 15) is 9.59 Å². The Labute approximate surface area is 149 Å². The van der Waals surface area contributed by atoms with Crippen molar-refractivity contribution in [1.29, 1.82) is 0 Å². The lowest BCUT2D eigenvalue weighted by atomic mass is 10.0. The van der Waals surface area contributed by atoms with Gasteiger partial charge in [0.15, 0.2) is 0 Å². The fourth-order valence-corrected chi connectivity index (χ4v) is 3.64. The van der Waals surface area contributed by atoms with E-state index in [1.165, 1.54) is 0 Å². The standard InChI is InChI=1S/C19H27N3O3/c1-13-14(2)22(9-8-20-13)19(24)16-10-18(23)21(12-16)11-15-4-6-17(25-3)7-5-15/h4-7,13-14,16,20H,8-12H2,1-3H3. The lowest BCUT2D eigenvalue weighted by Crippen LogP contribution is -2.58. The van der Waals surface area contributed by atoms with Gasteiger partial charge in [-0.25, -0.2) is 0 Å². The average Bonchev–Trinajstić information content (AvgIpc) is 2.98. The minimum atomic E-state index is -0.224. The molecule has 0 saturated carbocycles. The Morgan fingerprint density at radius 2 is 2.00 bits per heavy atom. The van der Waals surface area contributed by atoms with Crippen molar-refractivity contribution in [3.8, 4) is 5.75 Å². The largest absolute Gasteiger partial charge is 0.497 e. The Hall–Kier alpha value is -2.08. The van der Waals surface area contributed by atoms with Crippen LogP contribution in [0.1, 0.15) is 25.8 Å². The molecule has 2 saturated heterocycles. The van der Waals surface area contributed by atoms with Crippen LogP contribution in [0.15, 0.2) is 24.3 Å². The summed E-state index contributed by atoms with van der Waals surface area (Å²) in [6, 6.07) is 8.14. The van der Waals surface area contributed by atoms with Gasteiger partial charge in [0, 0.05) is 44.7 Å². The third kappa shape index (κ3) is 3.79. The number of rotatable bonds is 4. The van der Waals surface area contributed by atoms with Gasteiger partial charge in [0.1, 0.15) is 5.75 Å². The molecule has 2 fully saturated rings. The molecule has 0 bridgehead atoms. The Morgan fingerprint density at radius 3 is 2.68 bits per heavy atom. The predicted octanol–water partition coefficient (Wildman–Crippen LogP) is 1.25. The maximum atomic E-state index is 12.9. The van der Waals surface area contributed by atoms with E-state index in [0.717, 1.165) is 17.9 Å². The predicted molar refractivity (Wildman–Crippen MR) is 95.2 cm³/mol. The molecule has 1 aromatic carbocycles. The van der Waals surface area contributed by atoms with E-state index in [2.05, 4.69) is 19.2 Å².